The highest BCUT2D eigenvalue weighted by molar-refractivity contribution is 5.03. The first kappa shape index (κ1) is 11.7. The number of nitrogens with zero attached hydrogens (tertiary/aromatic N) is 4. The monoisotopic (exact) mass is 231 g/mol. The van der Waals surface area contributed by atoms with Crippen LogP contribution in [0.15, 0.2) is 30.7 Å². The molecule has 0 aliphatic rings. The molecule has 5 nitrogen and oxygen atoms in total. The molecule has 2 rings (SSSR count). The van der Waals surface area contributed by atoms with Gasteiger partial charge in [-0.05, 0) is 19.1 Å². The van der Waals surface area contributed by atoms with Crippen LogP contribution in [0.1, 0.15) is 18.4 Å². The Labute approximate surface area is 101 Å². The molecule has 2 aromatic heterocycles. The van der Waals surface area contributed by atoms with Crippen molar-refractivity contribution in [1.29, 1.82) is 0 Å². The Balaban J connectivity index is 1.73. The molecule has 1 N–H and O–H groups in total. The van der Waals surface area contributed by atoms with Crippen LogP contribution in [0, 0.1) is 0 Å². The number of pyridine rings is 1. The molecule has 0 radical (unpaired) electrons. The summed E-state index contributed by atoms with van der Waals surface area (Å²) < 4.78 is 2.04. The maximum absolute atomic E-state index is 4.27. The van der Waals surface area contributed by atoms with Gasteiger partial charge in [0, 0.05) is 31.4 Å². The van der Waals surface area contributed by atoms with Gasteiger partial charge < -0.3 is 9.88 Å². The van der Waals surface area contributed by atoms with Crippen LogP contribution in [0.25, 0.3) is 0 Å². The molecule has 17 heavy (non-hydrogen) atoms. The molecule has 5 heteroatoms. The van der Waals surface area contributed by atoms with Gasteiger partial charge in [-0.1, -0.05) is 6.07 Å². The number of nitrogens with one attached hydrogen (secondary N) is 1. The zero-order chi connectivity index (χ0) is 11.9. The molecular formula is C12H17N5. The Kier molecular flexibility index (Phi) is 4.21. The molecule has 0 unspecified atom stereocenters. The van der Waals surface area contributed by atoms with E-state index in [0.717, 1.165) is 37.6 Å². The van der Waals surface area contributed by atoms with Gasteiger partial charge in [0.05, 0.1) is 6.54 Å². The largest absolute Gasteiger partial charge is 0.317 e. The summed E-state index contributed by atoms with van der Waals surface area (Å²) in [6, 6.07) is 5.98. The highest BCUT2D eigenvalue weighted by atomic mass is 15.3. The van der Waals surface area contributed by atoms with E-state index in [2.05, 4.69) is 27.4 Å². The molecular weight excluding hydrogens is 214 g/mol. The molecule has 2 aromatic rings. The predicted octanol–water partition coefficient (Wildman–Crippen LogP) is 1.03. The number of hydrogen-bond acceptors (Lipinski definition) is 4. The summed E-state index contributed by atoms with van der Waals surface area (Å²) in [6.45, 7) is 4.64. The fourth-order valence-corrected chi connectivity index (χ4v) is 1.64. The second kappa shape index (κ2) is 6.10. The minimum Gasteiger partial charge on any atom is -0.317 e. The average Bonchev–Trinajstić information content (AvgIpc) is 2.83. The quantitative estimate of drug-likeness (QED) is 0.754. The van der Waals surface area contributed by atoms with E-state index < -0.39 is 0 Å². The average molecular weight is 231 g/mol. The number of aryl methyl sites for hydroxylation is 1. The molecule has 0 saturated heterocycles. The molecule has 0 aromatic carbocycles. The Bertz CT molecular complexity index is 437. The molecule has 0 amide bonds. The van der Waals surface area contributed by atoms with Crippen molar-refractivity contribution in [2.45, 2.75) is 26.4 Å². The topological polar surface area (TPSA) is 55.6 Å². The van der Waals surface area contributed by atoms with E-state index in [4.69, 9.17) is 0 Å². The third-order valence-corrected chi connectivity index (χ3v) is 2.60. The van der Waals surface area contributed by atoms with Gasteiger partial charge in [-0.25, -0.2) is 0 Å². The van der Waals surface area contributed by atoms with Crippen molar-refractivity contribution < 1.29 is 0 Å². The van der Waals surface area contributed by atoms with Crippen molar-refractivity contribution in [3.05, 3.63) is 42.2 Å². The van der Waals surface area contributed by atoms with Gasteiger partial charge >= 0.3 is 0 Å². The highest BCUT2D eigenvalue weighted by Gasteiger charge is 2.01. The predicted molar refractivity (Wildman–Crippen MR) is 65.3 cm³/mol. The van der Waals surface area contributed by atoms with E-state index in [0.29, 0.717) is 0 Å². The van der Waals surface area contributed by atoms with Crippen LogP contribution in [-0.2, 0) is 19.5 Å². The minimum absolute atomic E-state index is 0.751. The first-order valence-electron chi connectivity index (χ1n) is 5.87. The molecule has 0 atom stereocenters. The van der Waals surface area contributed by atoms with Crippen molar-refractivity contribution in [3.8, 4) is 0 Å². The number of rotatable bonds is 6. The fourth-order valence-electron chi connectivity index (χ4n) is 1.64. The summed E-state index contributed by atoms with van der Waals surface area (Å²) in [5.74, 6) is 0.980. The van der Waals surface area contributed by atoms with Crippen LogP contribution < -0.4 is 5.32 Å². The van der Waals surface area contributed by atoms with Crippen LogP contribution >= 0.6 is 0 Å². The van der Waals surface area contributed by atoms with Crippen LogP contribution in [0.5, 0.6) is 0 Å². The van der Waals surface area contributed by atoms with Gasteiger partial charge in [-0.15, -0.1) is 10.2 Å². The van der Waals surface area contributed by atoms with Gasteiger partial charge in [-0.2, -0.15) is 0 Å². The maximum Gasteiger partial charge on any atom is 0.146 e. The van der Waals surface area contributed by atoms with Gasteiger partial charge in [0.2, 0.25) is 0 Å². The lowest BCUT2D eigenvalue weighted by atomic mass is 10.3. The van der Waals surface area contributed by atoms with Crippen molar-refractivity contribution in [1.82, 2.24) is 25.1 Å². The Morgan fingerprint density at radius 3 is 3.06 bits per heavy atom. The number of hydrogen-bond donors (Lipinski definition) is 1. The fraction of sp³-hybridized carbons (Fsp3) is 0.417. The highest BCUT2D eigenvalue weighted by Crippen LogP contribution is 1.96. The third kappa shape index (κ3) is 3.35. The second-order valence-corrected chi connectivity index (χ2v) is 3.78. The summed E-state index contributed by atoms with van der Waals surface area (Å²) >= 11 is 0. The van der Waals surface area contributed by atoms with Crippen LogP contribution in [0.2, 0.25) is 0 Å². The first-order valence-corrected chi connectivity index (χ1v) is 5.87. The van der Waals surface area contributed by atoms with E-state index in [1.807, 2.05) is 29.0 Å². The molecule has 0 aliphatic carbocycles. The first-order chi connectivity index (χ1) is 8.40. The lowest BCUT2D eigenvalue weighted by Gasteiger charge is -2.05. The number of aromatic nitrogens is 4. The Hall–Kier alpha value is -1.75. The third-order valence-electron chi connectivity index (χ3n) is 2.60. The van der Waals surface area contributed by atoms with E-state index >= 15 is 0 Å². The Morgan fingerprint density at radius 2 is 2.29 bits per heavy atom. The molecule has 90 valence electrons. The zero-order valence-corrected chi connectivity index (χ0v) is 10.0. The minimum atomic E-state index is 0.751. The molecule has 0 fully saturated rings. The molecule has 0 bridgehead atoms. The van der Waals surface area contributed by atoms with Gasteiger partial charge in [-0.3, -0.25) is 4.98 Å². The summed E-state index contributed by atoms with van der Waals surface area (Å²) in [7, 11) is 0. The normalized spacial score (nSPS) is 10.6. The molecule has 2 heterocycles. The summed E-state index contributed by atoms with van der Waals surface area (Å²) in [5.41, 5.74) is 1.11. The van der Waals surface area contributed by atoms with E-state index in [9.17, 15) is 0 Å². The van der Waals surface area contributed by atoms with Crippen molar-refractivity contribution in [3.63, 3.8) is 0 Å². The standard InChI is InChI=1S/C12H17N5/c1-2-17-10-15-16-12(17)9-13-8-6-11-5-3-4-7-14-11/h3-5,7,10,13H,2,6,8-9H2,1H3. The summed E-state index contributed by atoms with van der Waals surface area (Å²) in [4.78, 5) is 4.27. The van der Waals surface area contributed by atoms with Crippen molar-refractivity contribution in [2.75, 3.05) is 6.54 Å². The van der Waals surface area contributed by atoms with Crippen LogP contribution in [-0.4, -0.2) is 26.3 Å². The van der Waals surface area contributed by atoms with Crippen LogP contribution in [0.3, 0.4) is 0 Å². The molecule has 0 spiro atoms. The lowest BCUT2D eigenvalue weighted by Crippen LogP contribution is -2.19. The van der Waals surface area contributed by atoms with Crippen molar-refractivity contribution >= 4 is 0 Å². The Morgan fingerprint density at radius 1 is 1.35 bits per heavy atom. The molecule has 0 aliphatic heterocycles. The lowest BCUT2D eigenvalue weighted by molar-refractivity contribution is 0.610. The van der Waals surface area contributed by atoms with Gasteiger partial charge in [0.15, 0.2) is 0 Å². The van der Waals surface area contributed by atoms with Crippen LogP contribution in [0.4, 0.5) is 0 Å². The summed E-state index contributed by atoms with van der Waals surface area (Å²) in [5, 5.41) is 11.3. The van der Waals surface area contributed by atoms with E-state index in [-0.39, 0.29) is 0 Å². The van der Waals surface area contributed by atoms with E-state index in [1.54, 1.807) is 6.33 Å². The zero-order valence-electron chi connectivity index (χ0n) is 10.0. The van der Waals surface area contributed by atoms with E-state index in [1.165, 1.54) is 0 Å². The van der Waals surface area contributed by atoms with Gasteiger partial charge in [0.1, 0.15) is 12.2 Å². The maximum atomic E-state index is 4.27. The molecule has 0 saturated carbocycles. The van der Waals surface area contributed by atoms with Crippen molar-refractivity contribution in [2.24, 2.45) is 0 Å². The van der Waals surface area contributed by atoms with Gasteiger partial charge in [0.25, 0.3) is 0 Å². The second-order valence-electron chi connectivity index (χ2n) is 3.78. The SMILES string of the molecule is CCn1cnnc1CNCCc1ccccn1. The smallest absolute Gasteiger partial charge is 0.146 e. The summed E-state index contributed by atoms with van der Waals surface area (Å²) in [6.07, 6.45) is 4.51.